The predicted octanol–water partition coefficient (Wildman–Crippen LogP) is 2.57. The van der Waals surface area contributed by atoms with E-state index in [1.54, 1.807) is 0 Å². The summed E-state index contributed by atoms with van der Waals surface area (Å²) in [6, 6.07) is 10.9. The number of nitriles is 1. The van der Waals surface area contributed by atoms with Crippen LogP contribution in [-0.4, -0.2) is 6.54 Å². The molecule has 2 heteroatoms. The minimum atomic E-state index is 0.586. The molecule has 2 rings (SSSR count). The Labute approximate surface area is 90.9 Å². The molecule has 0 heterocycles. The Kier molecular flexibility index (Phi) is 3.37. The molecular formula is C13H16N2. The highest BCUT2D eigenvalue weighted by atomic mass is 14.8. The molecule has 1 saturated carbocycles. The summed E-state index contributed by atoms with van der Waals surface area (Å²) in [6.07, 6.45) is 3.29. The topological polar surface area (TPSA) is 35.8 Å². The minimum absolute atomic E-state index is 0.586. The Morgan fingerprint density at radius 1 is 1.40 bits per heavy atom. The van der Waals surface area contributed by atoms with Crippen LogP contribution >= 0.6 is 0 Å². The molecule has 0 unspecified atom stereocenters. The molecule has 1 N–H and O–H groups in total. The van der Waals surface area contributed by atoms with Crippen molar-refractivity contribution in [2.24, 2.45) is 0 Å². The second-order valence-electron chi connectivity index (χ2n) is 4.10. The zero-order chi connectivity index (χ0) is 10.5. The summed E-state index contributed by atoms with van der Waals surface area (Å²) in [5, 5.41) is 11.7. The van der Waals surface area contributed by atoms with Gasteiger partial charge in [0.25, 0.3) is 0 Å². The average molecular weight is 200 g/mol. The van der Waals surface area contributed by atoms with E-state index >= 15 is 0 Å². The van der Waals surface area contributed by atoms with Crippen LogP contribution in [0.3, 0.4) is 0 Å². The van der Waals surface area contributed by atoms with E-state index in [4.69, 9.17) is 5.26 Å². The number of hydrogen-bond acceptors (Lipinski definition) is 2. The van der Waals surface area contributed by atoms with Crippen molar-refractivity contribution in [1.82, 2.24) is 5.32 Å². The van der Waals surface area contributed by atoms with Crippen LogP contribution in [0.15, 0.2) is 24.3 Å². The van der Waals surface area contributed by atoms with Crippen LogP contribution < -0.4 is 5.32 Å². The molecule has 1 aliphatic carbocycles. The maximum absolute atomic E-state index is 8.40. The Morgan fingerprint density at radius 2 is 2.27 bits per heavy atom. The monoisotopic (exact) mass is 200 g/mol. The predicted molar refractivity (Wildman–Crippen MR) is 60.4 cm³/mol. The molecule has 0 radical (unpaired) electrons. The first-order valence-corrected chi connectivity index (χ1v) is 5.56. The lowest BCUT2D eigenvalue weighted by Gasteiger charge is -2.05. The maximum Gasteiger partial charge on any atom is 0.0635 e. The Morgan fingerprint density at radius 3 is 3.00 bits per heavy atom. The molecule has 0 saturated heterocycles. The molecule has 1 fully saturated rings. The van der Waals surface area contributed by atoms with Crippen LogP contribution in [0.1, 0.15) is 36.3 Å². The van der Waals surface area contributed by atoms with E-state index in [9.17, 15) is 0 Å². The van der Waals surface area contributed by atoms with Gasteiger partial charge < -0.3 is 5.32 Å². The summed E-state index contributed by atoms with van der Waals surface area (Å²) >= 11 is 0. The number of rotatable bonds is 5. The Balaban J connectivity index is 1.85. The standard InChI is InChI=1S/C13H16N2/c14-7-2-8-15-10-11-3-1-4-13(9-11)12-5-6-12/h1,3-4,9,12,15H,2,5-6,8,10H2. The summed E-state index contributed by atoms with van der Waals surface area (Å²) in [5.74, 6) is 0.823. The molecule has 0 bridgehead atoms. The molecule has 0 amide bonds. The highest BCUT2D eigenvalue weighted by Gasteiger charge is 2.23. The third-order valence-corrected chi connectivity index (χ3v) is 2.74. The fourth-order valence-electron chi connectivity index (χ4n) is 1.75. The fraction of sp³-hybridized carbons (Fsp3) is 0.462. The molecular weight excluding hydrogens is 184 g/mol. The molecule has 0 aliphatic heterocycles. The number of hydrogen-bond donors (Lipinski definition) is 1. The Hall–Kier alpha value is -1.33. The van der Waals surface area contributed by atoms with Crippen molar-refractivity contribution < 1.29 is 0 Å². The number of nitrogens with zero attached hydrogens (tertiary/aromatic N) is 1. The molecule has 0 aromatic heterocycles. The van der Waals surface area contributed by atoms with E-state index < -0.39 is 0 Å². The van der Waals surface area contributed by atoms with Gasteiger partial charge in [-0.15, -0.1) is 0 Å². The van der Waals surface area contributed by atoms with E-state index in [2.05, 4.69) is 35.7 Å². The minimum Gasteiger partial charge on any atom is -0.312 e. The van der Waals surface area contributed by atoms with E-state index in [-0.39, 0.29) is 0 Å². The summed E-state index contributed by atoms with van der Waals surface area (Å²) in [6.45, 7) is 1.66. The highest BCUT2D eigenvalue weighted by Crippen LogP contribution is 2.40. The third kappa shape index (κ3) is 3.07. The lowest BCUT2D eigenvalue weighted by Crippen LogP contribution is -2.14. The summed E-state index contributed by atoms with van der Waals surface area (Å²) in [4.78, 5) is 0. The maximum atomic E-state index is 8.40. The summed E-state index contributed by atoms with van der Waals surface area (Å²) < 4.78 is 0. The van der Waals surface area contributed by atoms with Crippen molar-refractivity contribution in [2.45, 2.75) is 31.7 Å². The van der Waals surface area contributed by atoms with Gasteiger partial charge in [0.15, 0.2) is 0 Å². The summed E-state index contributed by atoms with van der Waals surface area (Å²) in [5.41, 5.74) is 2.81. The SMILES string of the molecule is N#CCCNCc1cccc(C2CC2)c1. The second-order valence-corrected chi connectivity index (χ2v) is 4.10. The molecule has 1 aromatic rings. The fourth-order valence-corrected chi connectivity index (χ4v) is 1.75. The largest absolute Gasteiger partial charge is 0.312 e. The molecule has 2 nitrogen and oxygen atoms in total. The number of nitrogens with one attached hydrogen (secondary N) is 1. The van der Waals surface area contributed by atoms with Gasteiger partial charge >= 0.3 is 0 Å². The van der Waals surface area contributed by atoms with Crippen molar-refractivity contribution in [3.8, 4) is 6.07 Å². The molecule has 78 valence electrons. The van der Waals surface area contributed by atoms with Crippen LogP contribution in [0.2, 0.25) is 0 Å². The van der Waals surface area contributed by atoms with Crippen molar-refractivity contribution >= 4 is 0 Å². The van der Waals surface area contributed by atoms with Gasteiger partial charge in [-0.2, -0.15) is 5.26 Å². The van der Waals surface area contributed by atoms with Crippen molar-refractivity contribution in [3.05, 3.63) is 35.4 Å². The molecule has 0 spiro atoms. The van der Waals surface area contributed by atoms with Gasteiger partial charge in [-0.1, -0.05) is 24.3 Å². The lowest BCUT2D eigenvalue weighted by molar-refractivity contribution is 0.698. The zero-order valence-electron chi connectivity index (χ0n) is 8.87. The van der Waals surface area contributed by atoms with Crippen LogP contribution in [-0.2, 0) is 6.54 Å². The van der Waals surface area contributed by atoms with E-state index in [1.807, 2.05) is 0 Å². The quantitative estimate of drug-likeness (QED) is 0.741. The van der Waals surface area contributed by atoms with Crippen molar-refractivity contribution in [2.75, 3.05) is 6.54 Å². The first-order chi connectivity index (χ1) is 7.40. The van der Waals surface area contributed by atoms with Gasteiger partial charge in [0.05, 0.1) is 6.07 Å². The third-order valence-electron chi connectivity index (χ3n) is 2.74. The van der Waals surface area contributed by atoms with Gasteiger partial charge in [0.1, 0.15) is 0 Å². The van der Waals surface area contributed by atoms with Gasteiger partial charge in [-0.05, 0) is 29.9 Å². The van der Waals surface area contributed by atoms with E-state index in [0.717, 1.165) is 19.0 Å². The van der Waals surface area contributed by atoms with Gasteiger partial charge in [0.2, 0.25) is 0 Å². The molecule has 15 heavy (non-hydrogen) atoms. The smallest absolute Gasteiger partial charge is 0.0635 e. The van der Waals surface area contributed by atoms with Crippen LogP contribution in [0.25, 0.3) is 0 Å². The molecule has 1 aliphatic rings. The normalized spacial score (nSPS) is 14.9. The first kappa shape index (κ1) is 10.2. The number of benzene rings is 1. The molecule has 0 atom stereocenters. The first-order valence-electron chi connectivity index (χ1n) is 5.56. The molecule has 1 aromatic carbocycles. The van der Waals surface area contributed by atoms with Crippen molar-refractivity contribution in [3.63, 3.8) is 0 Å². The van der Waals surface area contributed by atoms with Crippen LogP contribution in [0.5, 0.6) is 0 Å². The summed E-state index contributed by atoms with van der Waals surface area (Å²) in [7, 11) is 0. The van der Waals surface area contributed by atoms with E-state index in [1.165, 1.54) is 24.0 Å². The Bertz CT molecular complexity index is 361. The average Bonchev–Trinajstić information content (AvgIpc) is 3.09. The highest BCUT2D eigenvalue weighted by molar-refractivity contribution is 5.29. The van der Waals surface area contributed by atoms with Crippen LogP contribution in [0.4, 0.5) is 0 Å². The zero-order valence-corrected chi connectivity index (χ0v) is 8.87. The van der Waals surface area contributed by atoms with E-state index in [0.29, 0.717) is 6.42 Å². The lowest BCUT2D eigenvalue weighted by atomic mass is 10.1. The van der Waals surface area contributed by atoms with Gasteiger partial charge in [-0.25, -0.2) is 0 Å². The van der Waals surface area contributed by atoms with Gasteiger partial charge in [0, 0.05) is 19.5 Å². The van der Waals surface area contributed by atoms with Crippen LogP contribution in [0, 0.1) is 11.3 Å². The van der Waals surface area contributed by atoms with Gasteiger partial charge in [-0.3, -0.25) is 0 Å². The second kappa shape index (κ2) is 4.95. The van der Waals surface area contributed by atoms with Crippen molar-refractivity contribution in [1.29, 1.82) is 5.26 Å².